The molecule has 0 bridgehead atoms. The van der Waals surface area contributed by atoms with Crippen molar-refractivity contribution >= 4 is 23.4 Å². The minimum absolute atomic E-state index is 0.267. The van der Waals surface area contributed by atoms with E-state index in [0.717, 1.165) is 36.6 Å². The van der Waals surface area contributed by atoms with Gasteiger partial charge in [0.1, 0.15) is 5.75 Å². The quantitative estimate of drug-likeness (QED) is 0.360. The van der Waals surface area contributed by atoms with Crippen LogP contribution < -0.4 is 4.74 Å². The van der Waals surface area contributed by atoms with Crippen LogP contribution in [0.15, 0.2) is 60.4 Å². The molecule has 1 aliphatic heterocycles. The van der Waals surface area contributed by atoms with Crippen LogP contribution >= 0.6 is 11.6 Å². The first kappa shape index (κ1) is 23.8. The van der Waals surface area contributed by atoms with Crippen molar-refractivity contribution in [2.45, 2.75) is 25.8 Å². The lowest BCUT2D eigenvalue weighted by molar-refractivity contribution is -0.139. The number of hydrogen-bond donors (Lipinski definition) is 1. The van der Waals surface area contributed by atoms with E-state index in [2.05, 4.69) is 15.7 Å². The van der Waals surface area contributed by atoms with E-state index in [1.165, 1.54) is 0 Å². The fourth-order valence-corrected chi connectivity index (χ4v) is 4.24. The second-order valence-electron chi connectivity index (χ2n) is 8.10. The minimum atomic E-state index is -0.921. The molecule has 170 valence electrons. The monoisotopic (exact) mass is 457 g/mol. The highest BCUT2D eigenvalue weighted by Crippen LogP contribution is 2.38. The van der Waals surface area contributed by atoms with Crippen molar-refractivity contribution in [1.82, 2.24) is 4.90 Å². The average molecular weight is 458 g/mol. The number of nitrogens with zero attached hydrogens (tertiary/aromatic N) is 1. The minimum Gasteiger partial charge on any atom is -0.502 e. The highest BCUT2D eigenvalue weighted by Gasteiger charge is 2.40. The lowest BCUT2D eigenvalue weighted by Crippen LogP contribution is -2.45. The maximum Gasteiger partial charge on any atom is 0.373 e. The topological polar surface area (TPSA) is 76.1 Å². The zero-order valence-corrected chi connectivity index (χ0v) is 19.1. The number of carbonyl (C=O) groups is 2. The molecule has 0 aromatic heterocycles. The van der Waals surface area contributed by atoms with Crippen LogP contribution in [0.25, 0.3) is 0 Å². The molecule has 1 N–H and O–H groups in total. The summed E-state index contributed by atoms with van der Waals surface area (Å²) < 4.78 is 9.83. The largest absolute Gasteiger partial charge is 0.502 e. The Hall–Kier alpha value is -2.83. The summed E-state index contributed by atoms with van der Waals surface area (Å²) in [6.07, 6.45) is 2.72. The summed E-state index contributed by atoms with van der Waals surface area (Å²) in [7, 11) is 2.81. The molecule has 1 heterocycles. The van der Waals surface area contributed by atoms with Gasteiger partial charge in [0.25, 0.3) is 0 Å². The van der Waals surface area contributed by atoms with Crippen molar-refractivity contribution in [1.29, 1.82) is 0 Å². The summed E-state index contributed by atoms with van der Waals surface area (Å²) in [5.74, 6) is -1.05. The normalized spacial score (nSPS) is 16.4. The zero-order chi connectivity index (χ0) is 23.1. The molecule has 6 nitrogen and oxygen atoms in total. The van der Waals surface area contributed by atoms with E-state index in [0.29, 0.717) is 37.4 Å². The number of benzene rings is 2. The smallest absolute Gasteiger partial charge is 0.373 e. The van der Waals surface area contributed by atoms with Gasteiger partial charge in [-0.1, -0.05) is 35.9 Å². The van der Waals surface area contributed by atoms with E-state index >= 15 is 0 Å². The first-order chi connectivity index (χ1) is 15.3. The summed E-state index contributed by atoms with van der Waals surface area (Å²) in [6, 6.07) is 15.4. The lowest BCUT2D eigenvalue weighted by atomic mass is 9.70. The van der Waals surface area contributed by atoms with Crippen LogP contribution in [0.5, 0.6) is 5.75 Å². The van der Waals surface area contributed by atoms with Crippen molar-refractivity contribution in [2.75, 3.05) is 27.3 Å². The van der Waals surface area contributed by atoms with Gasteiger partial charge in [-0.2, -0.15) is 0 Å². The Bertz CT molecular complexity index is 978. The van der Waals surface area contributed by atoms with E-state index < -0.39 is 17.1 Å². The van der Waals surface area contributed by atoms with Gasteiger partial charge in [0.05, 0.1) is 14.2 Å². The molecule has 0 atom stereocenters. The van der Waals surface area contributed by atoms with Crippen LogP contribution in [0.2, 0.25) is 5.02 Å². The molecule has 0 radical (unpaired) electrons. The van der Waals surface area contributed by atoms with Gasteiger partial charge in [-0.15, -0.1) is 0 Å². The van der Waals surface area contributed by atoms with Crippen molar-refractivity contribution < 1.29 is 24.2 Å². The number of halogens is 1. The number of hydrogen-bond acceptors (Lipinski definition) is 6. The number of carbonyl (C=O) groups excluding carboxylic acids is 2. The third kappa shape index (κ3) is 5.90. The maximum atomic E-state index is 13.3. The molecule has 0 amide bonds. The molecule has 0 unspecified atom stereocenters. The van der Waals surface area contributed by atoms with Crippen LogP contribution in [-0.2, 0) is 27.3 Å². The summed E-state index contributed by atoms with van der Waals surface area (Å²) in [5.41, 5.74) is 1.40. The number of likely N-dealkylation sites (tertiary alicyclic amines) is 1. The molecule has 0 saturated carbocycles. The van der Waals surface area contributed by atoms with Gasteiger partial charge in [-0.25, -0.2) is 4.79 Å². The molecule has 3 rings (SSSR count). The highest BCUT2D eigenvalue weighted by molar-refractivity contribution is 6.30. The second-order valence-corrected chi connectivity index (χ2v) is 8.53. The number of aliphatic hydroxyl groups is 1. The van der Waals surface area contributed by atoms with Gasteiger partial charge in [-0.05, 0) is 67.7 Å². The third-order valence-electron chi connectivity index (χ3n) is 5.99. The van der Waals surface area contributed by atoms with Crippen LogP contribution in [0, 0.1) is 5.41 Å². The molecule has 7 heteroatoms. The summed E-state index contributed by atoms with van der Waals surface area (Å²) >= 11 is 6.01. The van der Waals surface area contributed by atoms with Gasteiger partial charge in [-0.3, -0.25) is 9.69 Å². The molecule has 0 aliphatic carbocycles. The fourth-order valence-electron chi connectivity index (χ4n) is 4.11. The Morgan fingerprint density at radius 1 is 1.09 bits per heavy atom. The Morgan fingerprint density at radius 2 is 1.78 bits per heavy atom. The molecule has 0 spiro atoms. The molecule has 1 fully saturated rings. The van der Waals surface area contributed by atoms with E-state index in [-0.39, 0.29) is 5.78 Å². The molecule has 2 aromatic carbocycles. The maximum absolute atomic E-state index is 13.3. The van der Waals surface area contributed by atoms with Gasteiger partial charge < -0.3 is 14.6 Å². The Labute approximate surface area is 193 Å². The van der Waals surface area contributed by atoms with Crippen molar-refractivity contribution in [2.24, 2.45) is 5.41 Å². The Morgan fingerprint density at radius 3 is 2.41 bits per heavy atom. The van der Waals surface area contributed by atoms with Gasteiger partial charge in [0.15, 0.2) is 5.78 Å². The SMILES string of the molecule is COC(=O)/C(O)=C/C(=O)C1(Cc2ccc(Cl)cc2)CCN(Cc2cccc(OC)c2)CC1. The number of esters is 1. The van der Waals surface area contributed by atoms with Gasteiger partial charge >= 0.3 is 5.97 Å². The third-order valence-corrected chi connectivity index (χ3v) is 6.25. The number of piperidine rings is 1. The number of rotatable bonds is 8. The van der Waals surface area contributed by atoms with Crippen LogP contribution in [0.3, 0.4) is 0 Å². The molecule has 2 aromatic rings. The number of methoxy groups -OCH3 is 2. The summed E-state index contributed by atoms with van der Waals surface area (Å²) in [4.78, 5) is 27.2. The predicted molar refractivity (Wildman–Crippen MR) is 123 cm³/mol. The van der Waals surface area contributed by atoms with Crippen LogP contribution in [0.4, 0.5) is 0 Å². The van der Waals surface area contributed by atoms with E-state index in [4.69, 9.17) is 16.3 Å². The predicted octanol–water partition coefficient (Wildman–Crippen LogP) is 4.36. The van der Waals surface area contributed by atoms with Crippen molar-refractivity contribution in [3.05, 3.63) is 76.5 Å². The Kier molecular flexibility index (Phi) is 7.94. The van der Waals surface area contributed by atoms with E-state index in [1.807, 2.05) is 30.3 Å². The molecule has 32 heavy (non-hydrogen) atoms. The first-order valence-corrected chi connectivity index (χ1v) is 10.9. The van der Waals surface area contributed by atoms with Gasteiger partial charge in [0.2, 0.25) is 5.76 Å². The van der Waals surface area contributed by atoms with Crippen molar-refractivity contribution in [3.8, 4) is 5.75 Å². The summed E-state index contributed by atoms with van der Waals surface area (Å²) in [5, 5.41) is 10.6. The molecule has 1 saturated heterocycles. The second kappa shape index (κ2) is 10.7. The van der Waals surface area contributed by atoms with Crippen LogP contribution in [-0.4, -0.2) is 49.1 Å². The van der Waals surface area contributed by atoms with Crippen LogP contribution in [0.1, 0.15) is 24.0 Å². The fraction of sp³-hybridized carbons (Fsp3) is 0.360. The van der Waals surface area contributed by atoms with Gasteiger partial charge in [0, 0.05) is 23.1 Å². The Balaban J connectivity index is 1.78. The number of ketones is 1. The zero-order valence-electron chi connectivity index (χ0n) is 18.3. The summed E-state index contributed by atoms with van der Waals surface area (Å²) in [6.45, 7) is 2.18. The van der Waals surface area contributed by atoms with E-state index in [1.54, 1.807) is 19.2 Å². The standard InChI is InChI=1S/C25H28ClNO5/c1-31-21-5-3-4-19(14-21)17-27-12-10-25(11-13-27,16-18-6-8-20(26)9-7-18)23(29)15-22(28)24(30)32-2/h3-9,14-15,28H,10-13,16-17H2,1-2H3/b22-15-. The number of aliphatic hydroxyl groups excluding tert-OH is 1. The van der Waals surface area contributed by atoms with E-state index in [9.17, 15) is 14.7 Å². The average Bonchev–Trinajstić information content (AvgIpc) is 2.81. The number of ether oxygens (including phenoxy) is 2. The molecular formula is C25H28ClNO5. The highest BCUT2D eigenvalue weighted by atomic mass is 35.5. The number of allylic oxidation sites excluding steroid dienone is 1. The van der Waals surface area contributed by atoms with Crippen molar-refractivity contribution in [3.63, 3.8) is 0 Å². The lowest BCUT2D eigenvalue weighted by Gasteiger charge is -2.40. The molecular weight excluding hydrogens is 430 g/mol. The first-order valence-electron chi connectivity index (χ1n) is 10.5. The molecule has 1 aliphatic rings.